The topological polar surface area (TPSA) is 405 Å². The van der Waals surface area contributed by atoms with Gasteiger partial charge in [0.25, 0.3) is 0 Å². The van der Waals surface area contributed by atoms with Crippen molar-refractivity contribution in [2.24, 2.45) is 11.7 Å². The van der Waals surface area contributed by atoms with E-state index >= 15 is 0 Å². The fraction of sp³-hybridized carbons (Fsp3) is 0.686. The van der Waals surface area contributed by atoms with Crippen molar-refractivity contribution in [2.75, 3.05) is 79.1 Å². The summed E-state index contributed by atoms with van der Waals surface area (Å²) in [4.78, 5) is 142. The zero-order valence-corrected chi connectivity index (χ0v) is 34.5. The molecule has 27 heteroatoms. The molecule has 1 heterocycles. The maximum atomic E-state index is 13.8. The number of rotatable bonds is 24. The molecule has 1 fully saturated rings. The highest BCUT2D eigenvalue weighted by atomic mass is 16.5. The summed E-state index contributed by atoms with van der Waals surface area (Å²) in [6.45, 7) is 1.03. The van der Waals surface area contributed by atoms with Gasteiger partial charge in [-0.15, -0.1) is 0 Å². The van der Waals surface area contributed by atoms with Crippen LogP contribution in [0.15, 0.2) is 0 Å². The third-order valence-electron chi connectivity index (χ3n) is 9.29. The lowest BCUT2D eigenvalue weighted by Gasteiger charge is -2.36. The molecule has 0 saturated carbocycles. The molecule has 12 N–H and O–H groups in total. The van der Waals surface area contributed by atoms with Gasteiger partial charge < -0.3 is 62.4 Å². The first kappa shape index (κ1) is 54.0. The van der Waals surface area contributed by atoms with Crippen molar-refractivity contribution in [3.63, 3.8) is 0 Å². The number of hydrogen-bond acceptors (Lipinski definition) is 17. The maximum absolute atomic E-state index is 13.8. The second-order valence-corrected chi connectivity index (χ2v) is 14.6. The number of esters is 1. The fourth-order valence-corrected chi connectivity index (χ4v) is 6.04. The molecule has 62 heavy (non-hydrogen) atoms. The summed E-state index contributed by atoms with van der Waals surface area (Å²) in [5.74, 6) is -14.6. The Morgan fingerprint density at radius 1 is 0.532 bits per heavy atom. The number of carboxylic acids is 6. The number of ether oxygens (including phenoxy) is 1. The van der Waals surface area contributed by atoms with Crippen LogP contribution >= 0.6 is 0 Å². The van der Waals surface area contributed by atoms with E-state index in [-0.39, 0.29) is 52.4 Å². The third-order valence-corrected chi connectivity index (χ3v) is 9.29. The van der Waals surface area contributed by atoms with Crippen LogP contribution < -0.4 is 27.0 Å². The van der Waals surface area contributed by atoms with Crippen LogP contribution in [0.2, 0.25) is 0 Å². The van der Waals surface area contributed by atoms with Gasteiger partial charge in [-0.3, -0.25) is 67.5 Å². The third kappa shape index (κ3) is 21.0. The Balaban J connectivity index is 3.48. The molecule has 1 unspecified atom stereocenters. The quantitative estimate of drug-likeness (QED) is 0.0402. The Morgan fingerprint density at radius 2 is 0.952 bits per heavy atom. The van der Waals surface area contributed by atoms with E-state index in [1.54, 1.807) is 0 Å². The standard InChI is InChI=1S/C35H57N9O18/c1-19(2)29(39-32(58)21(4-5-23(45)46)37-31(57)20(36)14-24(47)48)34(60)38-22(15-25(49)50)33(59)40-30(35(61)62-3)44-12-10-42(17-27(53)54)8-6-41(16-26(51)52)7-9-43(11-13-44)18-28(55)56/h19-22,29-30H,4-18,36H2,1-3H3,(H,37,57)(H,38,60)(H,39,58)(H,40,59)(H,45,46)(H,47,48)(H,49,50)(H,51,52)(H,53,54)(H,55,56)/t20-,21-,22-,29-,30?/m0/s1. The molecule has 4 amide bonds. The van der Waals surface area contributed by atoms with Gasteiger partial charge in [0.05, 0.1) is 45.6 Å². The molecule has 0 radical (unpaired) electrons. The lowest BCUT2D eigenvalue weighted by atomic mass is 10.0. The Morgan fingerprint density at radius 3 is 1.34 bits per heavy atom. The first-order chi connectivity index (χ1) is 28.9. The number of carbonyl (C=O) groups excluding carboxylic acids is 5. The molecule has 0 bridgehead atoms. The number of carboxylic acid groups (broad SMARTS) is 6. The van der Waals surface area contributed by atoms with Crippen molar-refractivity contribution < 1.29 is 88.1 Å². The normalized spacial score (nSPS) is 17.3. The van der Waals surface area contributed by atoms with Crippen molar-refractivity contribution in [3.05, 3.63) is 0 Å². The lowest BCUT2D eigenvalue weighted by Crippen LogP contribution is -2.62. The van der Waals surface area contributed by atoms with Gasteiger partial charge in [0.2, 0.25) is 23.6 Å². The number of carbonyl (C=O) groups is 11. The Kier molecular flexibility index (Phi) is 23.5. The fourth-order valence-electron chi connectivity index (χ4n) is 6.04. The minimum Gasteiger partial charge on any atom is -0.481 e. The predicted molar refractivity (Wildman–Crippen MR) is 208 cm³/mol. The van der Waals surface area contributed by atoms with E-state index in [0.717, 1.165) is 7.11 Å². The zero-order chi connectivity index (χ0) is 47.3. The van der Waals surface area contributed by atoms with Crippen molar-refractivity contribution in [3.8, 4) is 0 Å². The monoisotopic (exact) mass is 891 g/mol. The summed E-state index contributed by atoms with van der Waals surface area (Å²) < 4.78 is 4.92. The van der Waals surface area contributed by atoms with E-state index in [0.29, 0.717) is 0 Å². The zero-order valence-electron chi connectivity index (χ0n) is 34.5. The van der Waals surface area contributed by atoms with Crippen molar-refractivity contribution in [1.82, 2.24) is 40.9 Å². The largest absolute Gasteiger partial charge is 0.481 e. The number of hydrogen-bond donors (Lipinski definition) is 11. The molecular weight excluding hydrogens is 834 g/mol. The van der Waals surface area contributed by atoms with E-state index in [4.69, 9.17) is 15.6 Å². The summed E-state index contributed by atoms with van der Waals surface area (Å²) in [6, 6.07) is -6.79. The highest BCUT2D eigenvalue weighted by Gasteiger charge is 2.36. The van der Waals surface area contributed by atoms with E-state index in [1.165, 1.54) is 33.4 Å². The van der Waals surface area contributed by atoms with Gasteiger partial charge in [-0.1, -0.05) is 13.8 Å². The SMILES string of the molecule is COC(=O)C(NC(=O)[C@H](CC(=O)O)NC(=O)[C@@H](NC(=O)[C@H](CCC(=O)O)NC(=O)[C@@H](N)CC(=O)O)C(C)C)N1CCN(CC(=O)O)CCN(CC(=O)O)CCN(CC(=O)O)CC1. The average molecular weight is 892 g/mol. The van der Waals surface area contributed by atoms with Crippen LogP contribution in [0, 0.1) is 5.92 Å². The van der Waals surface area contributed by atoms with Gasteiger partial charge in [-0.05, 0) is 12.3 Å². The van der Waals surface area contributed by atoms with Crippen LogP contribution in [0.1, 0.15) is 39.5 Å². The number of nitrogens with zero attached hydrogens (tertiary/aromatic N) is 4. The second kappa shape index (κ2) is 27.0. The molecule has 0 spiro atoms. The number of methoxy groups -OCH3 is 1. The average Bonchev–Trinajstić information content (AvgIpc) is 3.15. The van der Waals surface area contributed by atoms with Crippen molar-refractivity contribution in [1.29, 1.82) is 0 Å². The van der Waals surface area contributed by atoms with Crippen LogP contribution in [0.4, 0.5) is 0 Å². The Bertz CT molecular complexity index is 1600. The first-order valence-corrected chi connectivity index (χ1v) is 19.2. The van der Waals surface area contributed by atoms with E-state index in [1.807, 2.05) is 0 Å². The van der Waals surface area contributed by atoms with Crippen LogP contribution in [0.25, 0.3) is 0 Å². The lowest BCUT2D eigenvalue weighted by molar-refractivity contribution is -0.152. The molecule has 0 aromatic carbocycles. The highest BCUT2D eigenvalue weighted by Crippen LogP contribution is 2.10. The first-order valence-electron chi connectivity index (χ1n) is 19.2. The smallest absolute Gasteiger partial charge is 0.343 e. The summed E-state index contributed by atoms with van der Waals surface area (Å²) in [5, 5.41) is 65.4. The summed E-state index contributed by atoms with van der Waals surface area (Å²) in [6.07, 6.45) is -4.84. The molecule has 1 rings (SSSR count). The van der Waals surface area contributed by atoms with Crippen LogP contribution in [0.3, 0.4) is 0 Å². The molecular formula is C35H57N9O18. The van der Waals surface area contributed by atoms with Crippen LogP contribution in [0.5, 0.6) is 0 Å². The van der Waals surface area contributed by atoms with Crippen molar-refractivity contribution >= 4 is 65.4 Å². The summed E-state index contributed by atoms with van der Waals surface area (Å²) >= 11 is 0. The second-order valence-electron chi connectivity index (χ2n) is 14.6. The van der Waals surface area contributed by atoms with Crippen LogP contribution in [-0.2, 0) is 57.5 Å². The van der Waals surface area contributed by atoms with Crippen molar-refractivity contribution in [2.45, 2.75) is 69.9 Å². The van der Waals surface area contributed by atoms with Crippen LogP contribution in [-0.4, -0.2) is 225 Å². The molecule has 1 aliphatic rings. The molecule has 1 saturated heterocycles. The number of nitrogens with one attached hydrogen (secondary N) is 4. The summed E-state index contributed by atoms with van der Waals surface area (Å²) in [7, 11) is 0.973. The minimum atomic E-state index is -1.94. The Hall–Kier alpha value is -6.03. The van der Waals surface area contributed by atoms with Gasteiger partial charge in [0.15, 0.2) is 6.17 Å². The molecule has 0 aliphatic carbocycles. The highest BCUT2D eigenvalue weighted by molar-refractivity contribution is 5.97. The Labute approximate surface area is 354 Å². The molecule has 27 nitrogen and oxygen atoms in total. The minimum absolute atomic E-state index is 0.0206. The molecule has 5 atom stereocenters. The number of nitrogens with two attached hydrogens (primary N) is 1. The molecule has 1 aliphatic heterocycles. The van der Waals surface area contributed by atoms with E-state index in [9.17, 15) is 78.3 Å². The molecule has 350 valence electrons. The number of amides is 4. The summed E-state index contributed by atoms with van der Waals surface area (Å²) in [5.41, 5.74) is 5.57. The maximum Gasteiger partial charge on any atom is 0.343 e. The van der Waals surface area contributed by atoms with E-state index in [2.05, 4.69) is 21.3 Å². The van der Waals surface area contributed by atoms with Gasteiger partial charge in [0, 0.05) is 58.8 Å². The van der Waals surface area contributed by atoms with E-state index < -0.39 is 147 Å². The predicted octanol–water partition coefficient (Wildman–Crippen LogP) is -5.67. The van der Waals surface area contributed by atoms with Gasteiger partial charge in [-0.2, -0.15) is 0 Å². The molecule has 0 aromatic heterocycles. The molecule has 0 aromatic rings. The number of aliphatic carboxylic acids is 6. The van der Waals surface area contributed by atoms with Gasteiger partial charge in [-0.25, -0.2) is 4.79 Å². The van der Waals surface area contributed by atoms with Gasteiger partial charge >= 0.3 is 41.8 Å². The van der Waals surface area contributed by atoms with Gasteiger partial charge in [0.1, 0.15) is 18.1 Å².